The van der Waals surface area contributed by atoms with E-state index >= 15 is 0 Å². The Morgan fingerprint density at radius 3 is 2.56 bits per heavy atom. The van der Waals surface area contributed by atoms with Crippen molar-refractivity contribution in [1.82, 2.24) is 20.1 Å². The number of halogens is 2. The highest BCUT2D eigenvalue weighted by Gasteiger charge is 2.19. The second-order valence-electron chi connectivity index (χ2n) is 9.40. The minimum Gasteiger partial charge on any atom is -0.486 e. The molecule has 0 spiro atoms. The van der Waals surface area contributed by atoms with E-state index in [0.717, 1.165) is 42.8 Å². The number of carbonyl (C=O) groups is 1. The number of amides is 1. The van der Waals surface area contributed by atoms with Crippen LogP contribution in [0.5, 0.6) is 5.75 Å². The molecule has 1 fully saturated rings. The SMILES string of the molecule is C=CC(=O)Nc1cc(N2CCN(C)CC2)ccc1Nc1n[nH]c2ccc(OC(C)c3c(Cl)cncc3Cl)cc12. The first kappa shape index (κ1) is 26.8. The van der Waals surface area contributed by atoms with Gasteiger partial charge in [0.2, 0.25) is 5.91 Å². The quantitative estimate of drug-likeness (QED) is 0.224. The number of likely N-dealkylation sites (N-methyl/N-ethyl adjacent to an activating group) is 1. The Hall–Kier alpha value is -3.79. The number of aromatic nitrogens is 3. The lowest BCUT2D eigenvalue weighted by molar-refractivity contribution is -0.111. The number of H-pyrrole nitrogens is 1. The summed E-state index contributed by atoms with van der Waals surface area (Å²) in [4.78, 5) is 20.9. The number of carbonyl (C=O) groups excluding carboxylic acids is 1. The zero-order chi connectivity index (χ0) is 27.5. The lowest BCUT2D eigenvalue weighted by atomic mass is 10.1. The normalized spacial score (nSPS) is 14.7. The standard InChI is InChI=1S/C28H29Cl2N7O2/c1-4-26(38)32-25-13-18(37-11-9-36(3)10-12-37)5-7-24(25)33-28-20-14-19(6-8-23(20)34-35-28)39-17(2)27-21(29)15-31-16-22(27)30/h4-8,13-17H,1,9-12H2,2-3H3,(H,32,38)(H2,33,34,35). The number of aromatic amines is 1. The van der Waals surface area contributed by atoms with Crippen molar-refractivity contribution in [3.63, 3.8) is 0 Å². The van der Waals surface area contributed by atoms with Gasteiger partial charge in [0, 0.05) is 55.2 Å². The Kier molecular flexibility index (Phi) is 7.92. The van der Waals surface area contributed by atoms with E-state index in [1.165, 1.54) is 6.08 Å². The Bertz CT molecular complexity index is 1500. The third-order valence-electron chi connectivity index (χ3n) is 6.71. The van der Waals surface area contributed by atoms with Crippen molar-refractivity contribution in [2.45, 2.75) is 13.0 Å². The Balaban J connectivity index is 1.42. The van der Waals surface area contributed by atoms with Gasteiger partial charge < -0.3 is 25.2 Å². The van der Waals surface area contributed by atoms with Crippen LogP contribution in [0.2, 0.25) is 10.0 Å². The van der Waals surface area contributed by atoms with Gasteiger partial charge in [-0.2, -0.15) is 5.10 Å². The number of nitrogens with one attached hydrogen (secondary N) is 3. The molecule has 2 aromatic carbocycles. The van der Waals surface area contributed by atoms with Crippen LogP contribution < -0.4 is 20.3 Å². The molecule has 1 saturated heterocycles. The summed E-state index contributed by atoms with van der Waals surface area (Å²) in [5, 5.41) is 15.5. The molecule has 0 saturated carbocycles. The van der Waals surface area contributed by atoms with E-state index in [0.29, 0.717) is 38.6 Å². The predicted molar refractivity (Wildman–Crippen MR) is 158 cm³/mol. The van der Waals surface area contributed by atoms with Crippen LogP contribution in [0, 0.1) is 0 Å². The van der Waals surface area contributed by atoms with Crippen LogP contribution in [0.25, 0.3) is 10.9 Å². The summed E-state index contributed by atoms with van der Waals surface area (Å²) in [6.07, 6.45) is 3.93. The molecule has 0 radical (unpaired) electrons. The molecule has 0 bridgehead atoms. The van der Waals surface area contributed by atoms with Crippen molar-refractivity contribution in [3.8, 4) is 5.75 Å². The molecule has 9 nitrogen and oxygen atoms in total. The van der Waals surface area contributed by atoms with Crippen LogP contribution in [0.3, 0.4) is 0 Å². The number of anilines is 4. The molecule has 11 heteroatoms. The number of piperazine rings is 1. The highest BCUT2D eigenvalue weighted by atomic mass is 35.5. The number of nitrogens with zero attached hydrogens (tertiary/aromatic N) is 4. The lowest BCUT2D eigenvalue weighted by Crippen LogP contribution is -2.44. The fraction of sp³-hybridized carbons (Fsp3) is 0.250. The van der Waals surface area contributed by atoms with Crippen LogP contribution in [-0.2, 0) is 4.79 Å². The van der Waals surface area contributed by atoms with Gasteiger partial charge in [-0.05, 0) is 56.4 Å². The van der Waals surface area contributed by atoms with Crippen molar-refractivity contribution >= 4 is 62.9 Å². The molecule has 3 heterocycles. The van der Waals surface area contributed by atoms with E-state index in [1.807, 2.05) is 43.3 Å². The number of pyridine rings is 1. The Labute approximate surface area is 236 Å². The fourth-order valence-electron chi connectivity index (χ4n) is 4.55. The molecule has 202 valence electrons. The molecule has 39 heavy (non-hydrogen) atoms. The van der Waals surface area contributed by atoms with Gasteiger partial charge in [0.15, 0.2) is 5.82 Å². The smallest absolute Gasteiger partial charge is 0.247 e. The van der Waals surface area contributed by atoms with Gasteiger partial charge in [0.1, 0.15) is 11.9 Å². The molecule has 1 atom stereocenters. The summed E-state index contributed by atoms with van der Waals surface area (Å²) in [5.74, 6) is 0.914. The number of rotatable bonds is 8. The molecule has 0 aliphatic carbocycles. The molecule has 3 N–H and O–H groups in total. The van der Waals surface area contributed by atoms with Gasteiger partial charge in [-0.3, -0.25) is 14.9 Å². The largest absolute Gasteiger partial charge is 0.486 e. The summed E-state index contributed by atoms with van der Waals surface area (Å²) in [7, 11) is 2.12. The molecule has 1 unspecified atom stereocenters. The minimum atomic E-state index is -0.406. The molecule has 5 rings (SSSR count). The van der Waals surface area contributed by atoms with Crippen molar-refractivity contribution in [3.05, 3.63) is 77.1 Å². The maximum Gasteiger partial charge on any atom is 0.247 e. The highest BCUT2D eigenvalue weighted by Crippen LogP contribution is 2.36. The van der Waals surface area contributed by atoms with Crippen LogP contribution in [0.15, 0.2) is 61.4 Å². The molecular weight excluding hydrogens is 537 g/mol. The van der Waals surface area contributed by atoms with Gasteiger partial charge in [-0.15, -0.1) is 0 Å². The monoisotopic (exact) mass is 565 g/mol. The number of fused-ring (bicyclic) bond motifs is 1. The summed E-state index contributed by atoms with van der Waals surface area (Å²) in [5.41, 5.74) is 3.87. The van der Waals surface area contributed by atoms with E-state index in [4.69, 9.17) is 27.9 Å². The first-order valence-electron chi connectivity index (χ1n) is 12.5. The second kappa shape index (κ2) is 11.5. The number of benzene rings is 2. The predicted octanol–water partition coefficient (Wildman–Crippen LogP) is 6.02. The van der Waals surface area contributed by atoms with Crippen molar-refractivity contribution in [2.24, 2.45) is 0 Å². The van der Waals surface area contributed by atoms with E-state index in [1.54, 1.807) is 12.4 Å². The van der Waals surface area contributed by atoms with E-state index < -0.39 is 6.10 Å². The molecule has 1 amide bonds. The third-order valence-corrected chi connectivity index (χ3v) is 7.31. The second-order valence-corrected chi connectivity index (χ2v) is 10.2. The first-order chi connectivity index (χ1) is 18.8. The Morgan fingerprint density at radius 2 is 1.85 bits per heavy atom. The maximum absolute atomic E-state index is 12.3. The summed E-state index contributed by atoms with van der Waals surface area (Å²) in [6.45, 7) is 9.26. The molecule has 2 aromatic heterocycles. The zero-order valence-corrected chi connectivity index (χ0v) is 23.2. The summed E-state index contributed by atoms with van der Waals surface area (Å²) < 4.78 is 6.18. The molecule has 1 aliphatic heterocycles. The van der Waals surface area contributed by atoms with Crippen LogP contribution in [-0.4, -0.2) is 59.2 Å². The van der Waals surface area contributed by atoms with Crippen molar-refractivity contribution in [1.29, 1.82) is 0 Å². The van der Waals surface area contributed by atoms with Crippen LogP contribution in [0.1, 0.15) is 18.6 Å². The van der Waals surface area contributed by atoms with Crippen molar-refractivity contribution in [2.75, 3.05) is 48.8 Å². The molecule has 1 aliphatic rings. The van der Waals surface area contributed by atoms with E-state index in [9.17, 15) is 4.79 Å². The number of hydrogen-bond donors (Lipinski definition) is 3. The first-order valence-corrected chi connectivity index (χ1v) is 13.3. The molecular formula is C28H29Cl2N7O2. The third kappa shape index (κ3) is 5.95. The lowest BCUT2D eigenvalue weighted by Gasteiger charge is -2.34. The average Bonchev–Trinajstić information content (AvgIpc) is 3.31. The average molecular weight is 566 g/mol. The summed E-state index contributed by atoms with van der Waals surface area (Å²) in [6, 6.07) is 11.6. The number of ether oxygens (including phenoxy) is 1. The van der Waals surface area contributed by atoms with E-state index in [2.05, 4.69) is 49.2 Å². The summed E-state index contributed by atoms with van der Waals surface area (Å²) >= 11 is 12.6. The maximum atomic E-state index is 12.3. The van der Waals surface area contributed by atoms with Gasteiger partial charge in [-0.25, -0.2) is 0 Å². The van der Waals surface area contributed by atoms with Crippen LogP contribution >= 0.6 is 23.2 Å². The Morgan fingerprint density at radius 1 is 1.10 bits per heavy atom. The van der Waals surface area contributed by atoms with Crippen LogP contribution in [0.4, 0.5) is 22.9 Å². The minimum absolute atomic E-state index is 0.293. The fourth-order valence-corrected chi connectivity index (χ4v) is 5.22. The van der Waals surface area contributed by atoms with Gasteiger partial charge in [0.05, 0.1) is 26.9 Å². The number of hydrogen-bond acceptors (Lipinski definition) is 7. The zero-order valence-electron chi connectivity index (χ0n) is 21.7. The van der Waals surface area contributed by atoms with Gasteiger partial charge >= 0.3 is 0 Å². The topological polar surface area (TPSA) is 98.4 Å². The van der Waals surface area contributed by atoms with E-state index in [-0.39, 0.29) is 5.91 Å². The highest BCUT2D eigenvalue weighted by molar-refractivity contribution is 6.35. The van der Waals surface area contributed by atoms with Gasteiger partial charge in [0.25, 0.3) is 0 Å². The van der Waals surface area contributed by atoms with Crippen molar-refractivity contribution < 1.29 is 9.53 Å². The molecule has 4 aromatic rings. The van der Waals surface area contributed by atoms with Gasteiger partial charge in [-0.1, -0.05) is 29.8 Å².